The summed E-state index contributed by atoms with van der Waals surface area (Å²) >= 11 is 0. The zero-order valence-corrected chi connectivity index (χ0v) is 14.9. The number of aromatic nitrogens is 2. The van der Waals surface area contributed by atoms with Crippen LogP contribution in [0.4, 0.5) is 22.0 Å². The van der Waals surface area contributed by atoms with E-state index in [0.29, 0.717) is 12.8 Å². The van der Waals surface area contributed by atoms with Crippen molar-refractivity contribution in [3.05, 3.63) is 52.6 Å². The summed E-state index contributed by atoms with van der Waals surface area (Å²) in [6.45, 7) is 1.77. The highest BCUT2D eigenvalue weighted by atomic mass is 19.3. The first kappa shape index (κ1) is 18.9. The minimum Gasteiger partial charge on any atom is -0.365 e. The van der Waals surface area contributed by atoms with Crippen molar-refractivity contribution in [3.63, 3.8) is 0 Å². The fourth-order valence-corrected chi connectivity index (χ4v) is 4.35. The normalized spacial score (nSPS) is 28.5. The number of nitrogens with one attached hydrogen (secondary N) is 1. The number of nitrogens with zero attached hydrogens (tertiary/aromatic N) is 2. The van der Waals surface area contributed by atoms with Crippen LogP contribution in [0.15, 0.2) is 18.3 Å². The van der Waals surface area contributed by atoms with Crippen LogP contribution in [-0.4, -0.2) is 26.8 Å². The fourth-order valence-electron chi connectivity index (χ4n) is 4.35. The molecule has 10 heteroatoms. The number of halogens is 5. The lowest BCUT2D eigenvalue weighted by molar-refractivity contribution is -0.00996. The first-order chi connectivity index (χ1) is 13.0. The van der Waals surface area contributed by atoms with Gasteiger partial charge >= 0.3 is 0 Å². The number of fused-ring (bicyclic) bond motifs is 1. The monoisotopic (exact) mass is 401 g/mol. The predicted molar refractivity (Wildman–Crippen MR) is 86.1 cm³/mol. The second kappa shape index (κ2) is 6.00. The number of aryl methyl sites for hydroxylation is 1. The molecule has 1 saturated carbocycles. The molecule has 2 saturated heterocycles. The number of carbonyl (C=O) groups is 1. The van der Waals surface area contributed by atoms with Gasteiger partial charge in [-0.25, -0.2) is 22.0 Å². The van der Waals surface area contributed by atoms with Crippen molar-refractivity contribution in [3.8, 4) is 0 Å². The molecule has 3 aliphatic rings. The molecule has 1 unspecified atom stereocenters. The maximum atomic E-state index is 13.7. The Labute approximate surface area is 156 Å². The van der Waals surface area contributed by atoms with Crippen LogP contribution in [0.1, 0.15) is 53.9 Å². The van der Waals surface area contributed by atoms with Crippen LogP contribution in [0.3, 0.4) is 0 Å². The highest BCUT2D eigenvalue weighted by Crippen LogP contribution is 2.61. The van der Waals surface area contributed by atoms with Crippen molar-refractivity contribution in [2.24, 2.45) is 7.05 Å². The first-order valence-electron chi connectivity index (χ1n) is 8.50. The molecule has 0 radical (unpaired) electrons. The number of hydrogen-bond acceptors (Lipinski definition) is 3. The van der Waals surface area contributed by atoms with Gasteiger partial charge in [0.1, 0.15) is 11.8 Å². The summed E-state index contributed by atoms with van der Waals surface area (Å²) in [6, 6.07) is 1.63. The highest BCUT2D eigenvalue weighted by molar-refractivity contribution is 5.96. The summed E-state index contributed by atoms with van der Waals surface area (Å²) in [4.78, 5) is 12.7. The summed E-state index contributed by atoms with van der Waals surface area (Å²) in [5, 5.41) is 6.28. The largest absolute Gasteiger partial charge is 0.365 e. The molecule has 2 aliphatic heterocycles. The Bertz CT molecular complexity index is 945. The lowest BCUT2D eigenvalue weighted by Gasteiger charge is -2.44. The molecule has 28 heavy (non-hydrogen) atoms. The molecular formula is C18H16F5N3O2. The van der Waals surface area contributed by atoms with Crippen molar-refractivity contribution >= 4 is 5.91 Å². The Hall–Kier alpha value is -2.49. The van der Waals surface area contributed by atoms with Crippen LogP contribution in [0.2, 0.25) is 0 Å². The van der Waals surface area contributed by atoms with Crippen LogP contribution >= 0.6 is 0 Å². The smallest absolute Gasteiger partial charge is 0.282 e. The maximum absolute atomic E-state index is 13.7. The Kier molecular flexibility index (Phi) is 4.04. The van der Waals surface area contributed by atoms with Gasteiger partial charge in [0.05, 0.1) is 16.7 Å². The van der Waals surface area contributed by atoms with Gasteiger partial charge in [0, 0.05) is 26.1 Å². The summed E-state index contributed by atoms with van der Waals surface area (Å²) in [7, 11) is 1.41. The third kappa shape index (κ3) is 2.78. The summed E-state index contributed by atoms with van der Waals surface area (Å²) in [5.41, 5.74) is -2.61. The molecule has 1 aliphatic carbocycles. The summed E-state index contributed by atoms with van der Waals surface area (Å²) < 4.78 is 73.9. The highest BCUT2D eigenvalue weighted by Gasteiger charge is 2.66. The quantitative estimate of drug-likeness (QED) is 0.630. The van der Waals surface area contributed by atoms with E-state index in [4.69, 9.17) is 4.74 Å². The van der Waals surface area contributed by atoms with Gasteiger partial charge < -0.3 is 10.1 Å². The molecule has 3 heterocycles. The van der Waals surface area contributed by atoms with Crippen molar-refractivity contribution in [2.45, 2.75) is 43.4 Å². The van der Waals surface area contributed by atoms with E-state index in [-0.39, 0.29) is 11.1 Å². The molecule has 1 aromatic carbocycles. The molecule has 3 fully saturated rings. The van der Waals surface area contributed by atoms with Crippen LogP contribution in [0.25, 0.3) is 0 Å². The van der Waals surface area contributed by atoms with Gasteiger partial charge in [-0.1, -0.05) is 0 Å². The Morgan fingerprint density at radius 2 is 1.89 bits per heavy atom. The average molecular weight is 401 g/mol. The molecule has 150 valence electrons. The topological polar surface area (TPSA) is 56.2 Å². The van der Waals surface area contributed by atoms with E-state index in [9.17, 15) is 26.7 Å². The molecular weight excluding hydrogens is 385 g/mol. The van der Waals surface area contributed by atoms with Gasteiger partial charge in [0.15, 0.2) is 17.5 Å². The van der Waals surface area contributed by atoms with Crippen molar-refractivity contribution < 1.29 is 31.5 Å². The van der Waals surface area contributed by atoms with Crippen LogP contribution in [-0.2, 0) is 11.8 Å². The standard InChI is InChI=1S/C18H16F5N3O2/c1-17-6-18(7-17,14(28-17)8-3-10(19)12(21)11(20)4-8)24-16(27)9-5-26(2)25-13(9)15(22)23/h3-5,14-15H,6-7H2,1-2H3,(H,24,27). The third-order valence-electron chi connectivity index (χ3n) is 5.26. The maximum Gasteiger partial charge on any atom is 0.282 e. The summed E-state index contributed by atoms with van der Waals surface area (Å²) in [6.07, 6.45) is -2.07. The zero-order chi connectivity index (χ0) is 20.4. The second-order valence-corrected chi connectivity index (χ2v) is 7.61. The van der Waals surface area contributed by atoms with Crippen molar-refractivity contribution in [1.29, 1.82) is 0 Å². The molecule has 2 bridgehead atoms. The first-order valence-corrected chi connectivity index (χ1v) is 8.50. The molecule has 0 spiro atoms. The third-order valence-corrected chi connectivity index (χ3v) is 5.26. The Balaban J connectivity index is 1.66. The van der Waals surface area contributed by atoms with E-state index in [1.807, 2.05) is 0 Å². The van der Waals surface area contributed by atoms with Gasteiger partial charge in [0.2, 0.25) is 0 Å². The minimum atomic E-state index is -2.94. The second-order valence-electron chi connectivity index (χ2n) is 7.61. The van der Waals surface area contributed by atoms with Crippen LogP contribution in [0, 0.1) is 17.5 Å². The van der Waals surface area contributed by atoms with E-state index in [1.165, 1.54) is 13.2 Å². The van der Waals surface area contributed by atoms with E-state index in [0.717, 1.165) is 16.8 Å². The van der Waals surface area contributed by atoms with Gasteiger partial charge in [-0.15, -0.1) is 0 Å². The van der Waals surface area contributed by atoms with Gasteiger partial charge in [0.25, 0.3) is 12.3 Å². The van der Waals surface area contributed by atoms with Gasteiger partial charge in [-0.2, -0.15) is 5.10 Å². The molecule has 1 amide bonds. The number of rotatable bonds is 4. The fraction of sp³-hybridized carbons (Fsp3) is 0.444. The molecule has 5 nitrogen and oxygen atoms in total. The number of alkyl halides is 2. The number of amides is 1. The van der Waals surface area contributed by atoms with E-state index < -0.39 is 52.7 Å². The lowest BCUT2D eigenvalue weighted by atomic mass is 9.66. The number of benzene rings is 1. The van der Waals surface area contributed by atoms with Crippen LogP contribution in [0.5, 0.6) is 0 Å². The lowest BCUT2D eigenvalue weighted by Crippen LogP contribution is -2.59. The van der Waals surface area contributed by atoms with Crippen LogP contribution < -0.4 is 5.32 Å². The molecule has 1 aromatic heterocycles. The van der Waals surface area contributed by atoms with E-state index >= 15 is 0 Å². The van der Waals surface area contributed by atoms with Crippen molar-refractivity contribution in [1.82, 2.24) is 15.1 Å². The predicted octanol–water partition coefficient (Wildman–Crippen LogP) is 3.57. The molecule has 5 rings (SSSR count). The van der Waals surface area contributed by atoms with Crippen molar-refractivity contribution in [2.75, 3.05) is 0 Å². The molecule has 1 N–H and O–H groups in total. The Morgan fingerprint density at radius 1 is 1.29 bits per heavy atom. The molecule has 1 atom stereocenters. The average Bonchev–Trinajstić information content (AvgIpc) is 3.19. The number of carbonyl (C=O) groups excluding carboxylic acids is 1. The van der Waals surface area contributed by atoms with E-state index in [2.05, 4.69) is 10.4 Å². The van der Waals surface area contributed by atoms with Gasteiger partial charge in [-0.3, -0.25) is 9.48 Å². The molecule has 2 aromatic rings. The number of ether oxygens (including phenoxy) is 1. The Morgan fingerprint density at radius 3 is 2.46 bits per heavy atom. The van der Waals surface area contributed by atoms with E-state index in [1.54, 1.807) is 6.92 Å². The summed E-state index contributed by atoms with van der Waals surface area (Å²) in [5.74, 6) is -5.14. The zero-order valence-electron chi connectivity index (χ0n) is 14.9. The SMILES string of the molecule is Cn1cc(C(=O)NC23CC(C)(C2)OC3c2cc(F)c(F)c(F)c2)c(C(F)F)n1. The van der Waals surface area contributed by atoms with Gasteiger partial charge in [-0.05, 0) is 24.6 Å². The minimum absolute atomic E-state index is 0.0261. The number of hydrogen-bond donors (Lipinski definition) is 1.